The van der Waals surface area contributed by atoms with Crippen LogP contribution in [-0.2, 0) is 24.7 Å². The summed E-state index contributed by atoms with van der Waals surface area (Å²) in [6.07, 6.45) is 5.69. The zero-order chi connectivity index (χ0) is 20.1. The first-order valence-corrected chi connectivity index (χ1v) is 14.5. The van der Waals surface area contributed by atoms with Gasteiger partial charge in [-0.2, -0.15) is 0 Å². The molecule has 2 aliphatic carbocycles. The molecule has 2 aromatic rings. The summed E-state index contributed by atoms with van der Waals surface area (Å²) in [5.41, 5.74) is 5.80. The van der Waals surface area contributed by atoms with Crippen LogP contribution in [0.1, 0.15) is 31.4 Å². The van der Waals surface area contributed by atoms with E-state index in [1.54, 1.807) is 0 Å². The van der Waals surface area contributed by atoms with E-state index in [0.29, 0.717) is 0 Å². The van der Waals surface area contributed by atoms with E-state index in [2.05, 4.69) is 75.5 Å². The van der Waals surface area contributed by atoms with Crippen molar-refractivity contribution in [2.75, 3.05) is 6.61 Å². The number of allylic oxidation sites excluding steroid dienone is 4. The van der Waals surface area contributed by atoms with Crippen molar-refractivity contribution in [1.82, 2.24) is 0 Å². The van der Waals surface area contributed by atoms with E-state index >= 15 is 0 Å². The second kappa shape index (κ2) is 9.84. The maximum Gasteiger partial charge on any atom is -1.00 e. The number of rotatable bonds is 4. The van der Waals surface area contributed by atoms with Gasteiger partial charge in [0.1, 0.15) is 0 Å². The summed E-state index contributed by atoms with van der Waals surface area (Å²) in [4.78, 5) is 0. The Hall–Kier alpha value is -0.700. The number of hydrogen-bond donors (Lipinski definition) is 1. The van der Waals surface area contributed by atoms with Crippen molar-refractivity contribution in [1.29, 1.82) is 0 Å². The minimum atomic E-state index is -1.68. The van der Waals surface area contributed by atoms with Crippen molar-refractivity contribution in [2.45, 2.75) is 39.4 Å². The predicted molar refractivity (Wildman–Crippen MR) is 117 cm³/mol. The summed E-state index contributed by atoms with van der Waals surface area (Å²) in [7, 11) is -1.68. The van der Waals surface area contributed by atoms with Gasteiger partial charge in [-0.25, -0.2) is 0 Å². The monoisotopic (exact) mass is 531 g/mol. The average Bonchev–Trinajstić information content (AvgIpc) is 3.26. The number of benzene rings is 2. The molecule has 4 rings (SSSR count). The van der Waals surface area contributed by atoms with Crippen molar-refractivity contribution in [3.05, 3.63) is 85.7 Å². The van der Waals surface area contributed by atoms with E-state index in [-0.39, 0.29) is 31.4 Å². The van der Waals surface area contributed by atoms with E-state index in [1.807, 2.05) is 0 Å². The third-order valence-electron chi connectivity index (χ3n) is 6.18. The Morgan fingerprint density at radius 1 is 0.967 bits per heavy atom. The summed E-state index contributed by atoms with van der Waals surface area (Å²) >= 11 is 1.48. The summed E-state index contributed by atoms with van der Waals surface area (Å²) in [5.74, 6) is 0. The van der Waals surface area contributed by atoms with Crippen molar-refractivity contribution < 1.29 is 54.6 Å². The second-order valence-electron chi connectivity index (χ2n) is 8.69. The fourth-order valence-electron chi connectivity index (χ4n) is 4.68. The van der Waals surface area contributed by atoms with Gasteiger partial charge in [-0.05, 0) is 0 Å². The first-order valence-electron chi connectivity index (χ1n) is 10.0. The molecule has 0 amide bonds. The van der Waals surface area contributed by atoms with Gasteiger partial charge in [0.2, 0.25) is 0 Å². The van der Waals surface area contributed by atoms with E-state index in [9.17, 15) is 5.11 Å². The third-order valence-corrected chi connectivity index (χ3v) is 10.9. The van der Waals surface area contributed by atoms with Crippen LogP contribution < -0.4 is 35.3 Å². The molecule has 0 fully saturated rings. The average molecular weight is 534 g/mol. The Balaban J connectivity index is 0.00000160. The van der Waals surface area contributed by atoms with E-state index in [1.165, 1.54) is 76.3 Å². The molecule has 155 valence electrons. The van der Waals surface area contributed by atoms with E-state index in [4.69, 9.17) is 0 Å². The summed E-state index contributed by atoms with van der Waals surface area (Å²) in [5, 5.41) is 16.7. The molecule has 2 aliphatic rings. The van der Waals surface area contributed by atoms with Crippen LogP contribution in [0.3, 0.4) is 0 Å². The molecule has 0 atom stereocenters. The second-order valence-corrected chi connectivity index (χ2v) is 14.7. The Kier molecular flexibility index (Phi) is 8.38. The molecule has 0 radical (unpaired) electrons. The first kappa shape index (κ1) is 25.6. The van der Waals surface area contributed by atoms with Crippen LogP contribution in [0.2, 0.25) is 19.1 Å². The molecular weight excluding hydrogens is 506 g/mol. The molecule has 1 N–H and O–H groups in total. The summed E-state index contributed by atoms with van der Waals surface area (Å²) < 4.78 is 1.48. The van der Waals surface area contributed by atoms with Gasteiger partial charge in [-0.15, -0.1) is 0 Å². The number of fused-ring (bicyclic) bond motifs is 2. The Bertz CT molecular complexity index is 1260. The minimum Gasteiger partial charge on any atom is -1.00 e. The van der Waals surface area contributed by atoms with Crippen molar-refractivity contribution in [2.24, 2.45) is 0 Å². The molecule has 5 heteroatoms. The molecule has 0 aromatic heterocycles. The van der Waals surface area contributed by atoms with Crippen LogP contribution in [0.15, 0.2) is 53.7 Å². The van der Waals surface area contributed by atoms with Gasteiger partial charge in [0.05, 0.1) is 0 Å². The van der Waals surface area contributed by atoms with Gasteiger partial charge in [-0.1, -0.05) is 0 Å². The maximum atomic E-state index is 9.66. The smallest absolute Gasteiger partial charge is 1.00 e. The number of aliphatic hydroxyl groups excluding tert-OH is 1. The largest absolute Gasteiger partial charge is 1.00 e. The molecule has 0 aliphatic heterocycles. The van der Waals surface area contributed by atoms with Crippen LogP contribution in [0.25, 0.3) is 14.4 Å². The fourth-order valence-corrected chi connectivity index (χ4v) is 8.29. The molecule has 2 aromatic carbocycles. The molecular formula is C25H27Cl2OSiZr. The van der Waals surface area contributed by atoms with Gasteiger partial charge in [0.15, 0.2) is 0 Å². The van der Waals surface area contributed by atoms with E-state index < -0.39 is 8.07 Å². The molecule has 1 nitrogen and oxygen atoms in total. The van der Waals surface area contributed by atoms with Gasteiger partial charge in [0.25, 0.3) is 0 Å². The Morgan fingerprint density at radius 2 is 1.63 bits per heavy atom. The van der Waals surface area contributed by atoms with Gasteiger partial charge < -0.3 is 24.8 Å². The summed E-state index contributed by atoms with van der Waals surface area (Å²) in [6.45, 7) is 9.54. The number of aliphatic hydroxyl groups is 1. The van der Waals surface area contributed by atoms with E-state index in [0.717, 1.165) is 12.5 Å². The Labute approximate surface area is 207 Å². The number of hydrogen-bond acceptors (Lipinski definition) is 1. The van der Waals surface area contributed by atoms with Crippen LogP contribution in [0.4, 0.5) is 0 Å². The van der Waals surface area contributed by atoms with Crippen LogP contribution in [-0.4, -0.2) is 19.8 Å². The van der Waals surface area contributed by atoms with Crippen molar-refractivity contribution in [3.8, 4) is 0 Å². The topological polar surface area (TPSA) is 20.2 Å². The van der Waals surface area contributed by atoms with Crippen molar-refractivity contribution in [3.63, 3.8) is 0 Å². The van der Waals surface area contributed by atoms with Crippen LogP contribution in [0, 0.1) is 10.4 Å². The molecule has 30 heavy (non-hydrogen) atoms. The molecule has 0 unspecified atom stereocenters. The zero-order valence-corrected chi connectivity index (χ0v) is 22.9. The number of halogens is 2. The van der Waals surface area contributed by atoms with Crippen LogP contribution in [0.5, 0.6) is 0 Å². The minimum absolute atomic E-state index is 0. The SMILES string of the molecule is CC(C)=c1ccc2c(c1C1=C([Si](C)(C)CCO)C=CC1)[C]([Zr+2])=c1ccccc1=2.[Cl-].[Cl-]. The normalized spacial score (nSPS) is 14.3. The predicted octanol–water partition coefficient (Wildman–Crippen LogP) is -1.86. The maximum absolute atomic E-state index is 9.66. The van der Waals surface area contributed by atoms with Gasteiger partial charge in [-0.3, -0.25) is 0 Å². The zero-order valence-electron chi connectivity index (χ0n) is 17.9. The van der Waals surface area contributed by atoms with Crippen molar-refractivity contribution >= 4 is 22.5 Å². The molecule has 0 saturated heterocycles. The summed E-state index contributed by atoms with van der Waals surface area (Å²) in [6, 6.07) is 14.4. The molecule has 0 spiro atoms. The quantitative estimate of drug-likeness (QED) is 0.458. The molecule has 0 saturated carbocycles. The van der Waals surface area contributed by atoms with Crippen LogP contribution >= 0.6 is 0 Å². The fraction of sp³-hybridized carbons (Fsp3) is 0.280. The Morgan fingerprint density at radius 3 is 2.27 bits per heavy atom. The van der Waals surface area contributed by atoms with Gasteiger partial charge >= 0.3 is 184 Å². The third kappa shape index (κ3) is 4.17. The molecule has 0 heterocycles. The standard InChI is InChI=1S/C25H27OSi.2ClH.Zr/c1-17(2)19-12-13-21-20-9-6-5-8-18(20)16-23(21)25(19)22-10-7-11-24(22)27(3,4)15-14-26;;;/h5-9,11-13,26H,10,14-15H2,1-4H3;2*1H;/q;;;+2/p-2. The van der Waals surface area contributed by atoms with Gasteiger partial charge in [0, 0.05) is 0 Å². The first-order chi connectivity index (χ1) is 13.4. The molecule has 0 bridgehead atoms.